The van der Waals surface area contributed by atoms with E-state index in [1.54, 1.807) is 29.2 Å². The van der Waals surface area contributed by atoms with Crippen LogP contribution in [-0.4, -0.2) is 33.6 Å². The SMILES string of the molecule is CCN1C(=O)/C(=C/c2ccccc2OCc2ccccc2C#N)SC1=Nc1ccc(C(=O)O)cc1. The van der Waals surface area contributed by atoms with E-state index < -0.39 is 5.97 Å². The fourth-order valence-electron chi connectivity index (χ4n) is 3.44. The number of rotatable bonds is 7. The van der Waals surface area contributed by atoms with Crippen LogP contribution in [0.15, 0.2) is 82.7 Å². The van der Waals surface area contributed by atoms with Crippen molar-refractivity contribution in [2.75, 3.05) is 6.54 Å². The van der Waals surface area contributed by atoms with E-state index in [-0.39, 0.29) is 18.1 Å². The number of ether oxygens (including phenoxy) is 1. The Morgan fingerprint density at radius 1 is 1.11 bits per heavy atom. The van der Waals surface area contributed by atoms with E-state index in [1.807, 2.05) is 49.4 Å². The number of benzene rings is 3. The van der Waals surface area contributed by atoms with Crippen LogP contribution in [0.3, 0.4) is 0 Å². The minimum Gasteiger partial charge on any atom is -0.488 e. The molecular formula is C27H21N3O4S. The number of hydrogen-bond donors (Lipinski definition) is 1. The quantitative estimate of drug-likeness (QED) is 0.448. The van der Waals surface area contributed by atoms with E-state index >= 15 is 0 Å². The first-order chi connectivity index (χ1) is 17.0. The monoisotopic (exact) mass is 483 g/mol. The van der Waals surface area contributed by atoms with Crippen LogP contribution in [0.4, 0.5) is 5.69 Å². The molecule has 1 saturated heterocycles. The van der Waals surface area contributed by atoms with Gasteiger partial charge in [0.1, 0.15) is 12.4 Å². The fourth-order valence-corrected chi connectivity index (χ4v) is 4.50. The summed E-state index contributed by atoms with van der Waals surface area (Å²) in [6.45, 7) is 2.54. The summed E-state index contributed by atoms with van der Waals surface area (Å²) in [6.07, 6.45) is 1.78. The van der Waals surface area contributed by atoms with Gasteiger partial charge >= 0.3 is 5.97 Å². The van der Waals surface area contributed by atoms with Crippen LogP contribution < -0.4 is 4.74 Å². The van der Waals surface area contributed by atoms with Crippen molar-refractivity contribution in [2.24, 2.45) is 4.99 Å². The maximum Gasteiger partial charge on any atom is 0.335 e. The third kappa shape index (κ3) is 5.42. The van der Waals surface area contributed by atoms with Crippen LogP contribution in [-0.2, 0) is 11.4 Å². The van der Waals surface area contributed by atoms with Gasteiger partial charge in [0.2, 0.25) is 0 Å². The fraction of sp³-hybridized carbons (Fsp3) is 0.111. The Morgan fingerprint density at radius 2 is 1.83 bits per heavy atom. The molecular weight excluding hydrogens is 462 g/mol. The van der Waals surface area contributed by atoms with Crippen LogP contribution in [0, 0.1) is 11.3 Å². The van der Waals surface area contributed by atoms with Crippen LogP contribution in [0.2, 0.25) is 0 Å². The molecule has 0 aromatic heterocycles. The van der Waals surface area contributed by atoms with Gasteiger partial charge in [-0.2, -0.15) is 5.26 Å². The van der Waals surface area contributed by atoms with Gasteiger partial charge < -0.3 is 9.84 Å². The first kappa shape index (κ1) is 23.8. The highest BCUT2D eigenvalue weighted by molar-refractivity contribution is 8.18. The number of carboxylic acids is 1. The molecule has 0 radical (unpaired) electrons. The maximum atomic E-state index is 13.1. The van der Waals surface area contributed by atoms with Crippen molar-refractivity contribution < 1.29 is 19.4 Å². The number of para-hydroxylation sites is 1. The first-order valence-corrected chi connectivity index (χ1v) is 11.6. The van der Waals surface area contributed by atoms with Gasteiger partial charge in [-0.3, -0.25) is 9.69 Å². The Hall–Kier alpha value is -4.35. The second kappa shape index (κ2) is 10.7. The van der Waals surface area contributed by atoms with Crippen molar-refractivity contribution in [3.05, 3.63) is 100.0 Å². The van der Waals surface area contributed by atoms with E-state index in [2.05, 4.69) is 11.1 Å². The lowest BCUT2D eigenvalue weighted by Gasteiger charge is -2.12. The van der Waals surface area contributed by atoms with Gasteiger partial charge in [-0.25, -0.2) is 9.79 Å². The van der Waals surface area contributed by atoms with Crippen molar-refractivity contribution in [2.45, 2.75) is 13.5 Å². The van der Waals surface area contributed by atoms with E-state index in [0.29, 0.717) is 33.6 Å². The molecule has 8 heteroatoms. The van der Waals surface area contributed by atoms with Crippen molar-refractivity contribution in [3.63, 3.8) is 0 Å². The summed E-state index contributed by atoms with van der Waals surface area (Å²) in [7, 11) is 0. The Morgan fingerprint density at radius 3 is 2.54 bits per heavy atom. The summed E-state index contributed by atoms with van der Waals surface area (Å²) in [5.41, 5.74) is 2.81. The van der Waals surface area contributed by atoms with Gasteiger partial charge in [-0.05, 0) is 61.2 Å². The second-order valence-electron chi connectivity index (χ2n) is 7.50. The van der Waals surface area contributed by atoms with E-state index in [4.69, 9.17) is 9.84 Å². The van der Waals surface area contributed by atoms with E-state index in [0.717, 1.165) is 11.1 Å². The highest BCUT2D eigenvalue weighted by Gasteiger charge is 2.32. The Bertz CT molecular complexity index is 1370. The number of carbonyl (C=O) groups is 2. The molecule has 1 amide bonds. The van der Waals surface area contributed by atoms with Gasteiger partial charge in [-0.1, -0.05) is 36.4 Å². The highest BCUT2D eigenvalue weighted by atomic mass is 32.2. The number of nitrogens with zero attached hydrogens (tertiary/aromatic N) is 3. The average Bonchev–Trinajstić information content (AvgIpc) is 3.17. The first-order valence-electron chi connectivity index (χ1n) is 10.8. The van der Waals surface area contributed by atoms with Gasteiger partial charge in [0.25, 0.3) is 5.91 Å². The molecule has 1 heterocycles. The summed E-state index contributed by atoms with van der Waals surface area (Å²) in [6, 6.07) is 23.0. The molecule has 1 aliphatic rings. The van der Waals surface area contributed by atoms with Gasteiger partial charge in [-0.15, -0.1) is 0 Å². The van der Waals surface area contributed by atoms with Gasteiger partial charge in [0, 0.05) is 17.7 Å². The molecule has 0 spiro atoms. The minimum atomic E-state index is -1.01. The van der Waals surface area contributed by atoms with Gasteiger partial charge in [0.15, 0.2) is 5.17 Å². The predicted octanol–water partition coefficient (Wildman–Crippen LogP) is 5.46. The van der Waals surface area contributed by atoms with Gasteiger partial charge in [0.05, 0.1) is 27.8 Å². The summed E-state index contributed by atoms with van der Waals surface area (Å²) < 4.78 is 6.01. The third-order valence-corrected chi connectivity index (χ3v) is 6.28. The number of likely N-dealkylation sites (N-methyl/N-ethyl adjacent to an activating group) is 1. The lowest BCUT2D eigenvalue weighted by Crippen LogP contribution is -2.28. The van der Waals surface area contributed by atoms with Crippen LogP contribution in [0.5, 0.6) is 5.75 Å². The zero-order valence-electron chi connectivity index (χ0n) is 18.8. The molecule has 0 atom stereocenters. The van der Waals surface area contributed by atoms with E-state index in [1.165, 1.54) is 23.9 Å². The number of aliphatic imine (C=N–C) groups is 1. The van der Waals surface area contributed by atoms with Crippen LogP contribution >= 0.6 is 11.8 Å². The van der Waals surface area contributed by atoms with Crippen LogP contribution in [0.25, 0.3) is 6.08 Å². The summed E-state index contributed by atoms with van der Waals surface area (Å²) in [5, 5.41) is 18.9. The largest absolute Gasteiger partial charge is 0.488 e. The predicted molar refractivity (Wildman–Crippen MR) is 135 cm³/mol. The molecule has 174 valence electrons. The minimum absolute atomic E-state index is 0.164. The van der Waals surface area contributed by atoms with Crippen molar-refractivity contribution >= 4 is 40.6 Å². The molecule has 35 heavy (non-hydrogen) atoms. The lowest BCUT2D eigenvalue weighted by molar-refractivity contribution is -0.122. The maximum absolute atomic E-state index is 13.1. The number of aromatic carboxylic acids is 1. The molecule has 1 aliphatic heterocycles. The smallest absolute Gasteiger partial charge is 0.335 e. The van der Waals surface area contributed by atoms with Crippen molar-refractivity contribution in [3.8, 4) is 11.8 Å². The number of nitriles is 1. The molecule has 1 fully saturated rings. The normalized spacial score (nSPS) is 15.4. The van der Waals surface area contributed by atoms with Crippen molar-refractivity contribution in [1.29, 1.82) is 5.26 Å². The summed E-state index contributed by atoms with van der Waals surface area (Å²) >= 11 is 1.25. The zero-order valence-corrected chi connectivity index (χ0v) is 19.7. The Kier molecular flexibility index (Phi) is 7.29. The number of amides is 1. The molecule has 0 aliphatic carbocycles. The number of carboxylic acid groups (broad SMARTS) is 1. The molecule has 0 bridgehead atoms. The number of hydrogen-bond acceptors (Lipinski definition) is 6. The highest BCUT2D eigenvalue weighted by Crippen LogP contribution is 2.35. The molecule has 3 aromatic rings. The molecule has 3 aromatic carbocycles. The molecule has 1 N–H and O–H groups in total. The van der Waals surface area contributed by atoms with E-state index in [9.17, 15) is 14.9 Å². The average molecular weight is 484 g/mol. The Balaban J connectivity index is 1.58. The lowest BCUT2D eigenvalue weighted by atomic mass is 10.1. The summed E-state index contributed by atoms with van der Waals surface area (Å²) in [4.78, 5) is 30.8. The topological polar surface area (TPSA) is 103 Å². The molecule has 4 rings (SSSR count). The molecule has 0 saturated carbocycles. The third-order valence-electron chi connectivity index (χ3n) is 5.27. The molecule has 0 unspecified atom stereocenters. The number of thioether (sulfide) groups is 1. The Labute approximate surface area is 207 Å². The second-order valence-corrected chi connectivity index (χ2v) is 8.51. The number of carbonyl (C=O) groups excluding carboxylic acids is 1. The number of amidine groups is 1. The van der Waals surface area contributed by atoms with Crippen molar-refractivity contribution in [1.82, 2.24) is 4.90 Å². The molecule has 7 nitrogen and oxygen atoms in total. The standard InChI is InChI=1S/C27H21N3O4S/c1-2-30-25(31)24(35-27(30)29-22-13-11-18(12-14-22)26(32)33)15-19-7-5-6-10-23(19)34-17-21-9-4-3-8-20(21)16-28/h3-15H,2,17H2,1H3,(H,32,33)/b24-15-,29-27?. The zero-order chi connectivity index (χ0) is 24.8. The van der Waals surface area contributed by atoms with Crippen LogP contribution in [0.1, 0.15) is 34.0 Å². The summed E-state index contributed by atoms with van der Waals surface area (Å²) in [5.74, 6) is -0.575.